The Balaban J connectivity index is 2.72. The van der Waals surface area contributed by atoms with Gasteiger partial charge in [-0.3, -0.25) is 0 Å². The van der Waals surface area contributed by atoms with Crippen LogP contribution in [0.4, 0.5) is 18.6 Å². The lowest BCUT2D eigenvalue weighted by molar-refractivity contribution is 0.485. The topological polar surface area (TPSA) is 26.0 Å². The molecule has 0 aliphatic carbocycles. The first-order valence-electron chi connectivity index (χ1n) is 3.77. The van der Waals surface area contributed by atoms with Crippen molar-refractivity contribution in [1.29, 1.82) is 0 Å². The van der Waals surface area contributed by atoms with Crippen LogP contribution in [0.2, 0.25) is 0 Å². The number of thioether (sulfide) groups is 1. The summed E-state index contributed by atoms with van der Waals surface area (Å²) in [6.45, 7) is -4.76. The minimum Gasteiger partial charge on any atom is -0.448 e. The third-order valence-electron chi connectivity index (χ3n) is 1.40. The Labute approximate surface area is 92.4 Å². The zero-order chi connectivity index (χ0) is 10.8. The quantitative estimate of drug-likeness (QED) is 0.522. The molecule has 0 heterocycles. The zero-order valence-corrected chi connectivity index (χ0v) is 9.42. The Morgan fingerprint density at radius 2 is 2.00 bits per heavy atom. The summed E-state index contributed by atoms with van der Waals surface area (Å²) in [4.78, 5) is 0.457. The second-order valence-corrected chi connectivity index (χ2v) is 4.68. The molecule has 0 atom stereocenters. The average Bonchev–Trinajstić information content (AvgIpc) is 2.05. The van der Waals surface area contributed by atoms with E-state index in [4.69, 9.17) is 5.73 Å². The molecule has 1 aromatic carbocycles. The Morgan fingerprint density at radius 1 is 1.36 bits per heavy atom. The molecule has 0 saturated heterocycles. The first kappa shape index (κ1) is 11.8. The standard InChI is InChI=1S/C7H7BBrF3NS/c9-5-1-2-6(13)7(3-5)14-4-8(10,11)12/h1-3H,4,13H2/q-1. The van der Waals surface area contributed by atoms with Crippen molar-refractivity contribution in [3.05, 3.63) is 22.7 Å². The van der Waals surface area contributed by atoms with E-state index in [2.05, 4.69) is 15.9 Å². The van der Waals surface area contributed by atoms with Crippen molar-refractivity contribution >= 4 is 40.4 Å². The average molecular weight is 285 g/mol. The summed E-state index contributed by atoms with van der Waals surface area (Å²) in [7, 11) is 0. The number of nitrogen functional groups attached to an aromatic ring is 1. The second kappa shape index (κ2) is 4.48. The maximum absolute atomic E-state index is 12.0. The van der Waals surface area contributed by atoms with Gasteiger partial charge >= 0.3 is 6.98 Å². The molecule has 0 amide bonds. The van der Waals surface area contributed by atoms with E-state index in [0.29, 0.717) is 22.3 Å². The summed E-state index contributed by atoms with van der Waals surface area (Å²) in [6.07, 6.45) is 0. The highest BCUT2D eigenvalue weighted by molar-refractivity contribution is 9.10. The van der Waals surface area contributed by atoms with Crippen LogP contribution in [0.15, 0.2) is 27.6 Å². The summed E-state index contributed by atoms with van der Waals surface area (Å²) in [5.41, 5.74) is 5.03. The van der Waals surface area contributed by atoms with Crippen molar-refractivity contribution in [2.45, 2.75) is 4.90 Å². The monoisotopic (exact) mass is 284 g/mol. The molecular weight excluding hydrogens is 278 g/mol. The number of hydrogen-bond acceptors (Lipinski definition) is 2. The van der Waals surface area contributed by atoms with Crippen LogP contribution in [0.5, 0.6) is 0 Å². The molecule has 0 spiro atoms. The number of hydrogen-bond donors (Lipinski definition) is 1. The predicted octanol–water partition coefficient (Wildman–Crippen LogP) is 3.51. The maximum Gasteiger partial charge on any atom is 0.488 e. The van der Waals surface area contributed by atoms with Crippen molar-refractivity contribution < 1.29 is 12.9 Å². The van der Waals surface area contributed by atoms with Gasteiger partial charge in [0.15, 0.2) is 0 Å². The van der Waals surface area contributed by atoms with Crippen LogP contribution in [-0.4, -0.2) is 12.6 Å². The summed E-state index contributed by atoms with van der Waals surface area (Å²) >= 11 is 3.89. The lowest BCUT2D eigenvalue weighted by Gasteiger charge is -2.13. The molecule has 0 bridgehead atoms. The van der Waals surface area contributed by atoms with E-state index in [0.717, 1.165) is 4.47 Å². The highest BCUT2D eigenvalue weighted by Crippen LogP contribution is 2.30. The molecule has 0 unspecified atom stereocenters. The van der Waals surface area contributed by atoms with Crippen molar-refractivity contribution in [2.24, 2.45) is 0 Å². The highest BCUT2D eigenvalue weighted by atomic mass is 79.9. The van der Waals surface area contributed by atoms with Crippen LogP contribution in [0.3, 0.4) is 0 Å². The predicted molar refractivity (Wildman–Crippen MR) is 58.4 cm³/mol. The molecule has 0 radical (unpaired) electrons. The number of halogens is 4. The third kappa shape index (κ3) is 3.83. The van der Waals surface area contributed by atoms with Gasteiger partial charge in [0.1, 0.15) is 0 Å². The van der Waals surface area contributed by atoms with Gasteiger partial charge in [0.2, 0.25) is 0 Å². The fraction of sp³-hybridized carbons (Fsp3) is 0.143. The fourth-order valence-electron chi connectivity index (χ4n) is 0.817. The first-order valence-corrected chi connectivity index (χ1v) is 5.55. The van der Waals surface area contributed by atoms with E-state index >= 15 is 0 Å². The van der Waals surface area contributed by atoms with Crippen LogP contribution in [-0.2, 0) is 0 Å². The molecule has 2 N–H and O–H groups in total. The van der Waals surface area contributed by atoms with E-state index in [-0.39, 0.29) is 0 Å². The van der Waals surface area contributed by atoms with Gasteiger partial charge in [-0.2, -0.15) is 11.8 Å². The van der Waals surface area contributed by atoms with Gasteiger partial charge in [-0.1, -0.05) is 15.9 Å². The molecule has 14 heavy (non-hydrogen) atoms. The number of nitrogens with two attached hydrogens (primary N) is 1. The number of rotatable bonds is 3. The molecule has 0 aromatic heterocycles. The minimum atomic E-state index is -4.76. The molecule has 1 rings (SSSR count). The lowest BCUT2D eigenvalue weighted by atomic mass is 9.98. The van der Waals surface area contributed by atoms with Crippen LogP contribution in [0.25, 0.3) is 0 Å². The SMILES string of the molecule is Nc1ccc(Br)cc1SC[B-](F)(F)F. The Morgan fingerprint density at radius 3 is 2.57 bits per heavy atom. The maximum atomic E-state index is 12.0. The fourth-order valence-corrected chi connectivity index (χ4v) is 2.14. The Hall–Kier alpha value is -0.295. The molecule has 0 aliphatic rings. The second-order valence-electron chi connectivity index (χ2n) is 2.70. The van der Waals surface area contributed by atoms with Crippen molar-refractivity contribution in [3.63, 3.8) is 0 Å². The Bertz CT molecular complexity index is 331. The molecule has 1 aromatic rings. The van der Waals surface area contributed by atoms with Crippen LogP contribution >= 0.6 is 27.7 Å². The summed E-state index contributed by atoms with van der Waals surface area (Å²) in [5.74, 6) is 0. The van der Waals surface area contributed by atoms with Gasteiger partial charge in [0, 0.05) is 15.1 Å². The minimum absolute atomic E-state index is 0.373. The summed E-state index contributed by atoms with van der Waals surface area (Å²) < 4.78 is 36.6. The van der Waals surface area contributed by atoms with Crippen LogP contribution < -0.4 is 5.73 Å². The molecule has 1 nitrogen and oxygen atoms in total. The molecule has 78 valence electrons. The number of anilines is 1. The van der Waals surface area contributed by atoms with E-state index in [1.165, 1.54) is 0 Å². The van der Waals surface area contributed by atoms with Crippen LogP contribution in [0, 0.1) is 0 Å². The smallest absolute Gasteiger partial charge is 0.448 e. The molecule has 0 aliphatic heterocycles. The van der Waals surface area contributed by atoms with Gasteiger partial charge in [-0.05, 0) is 23.9 Å². The van der Waals surface area contributed by atoms with E-state index < -0.39 is 12.6 Å². The molecule has 0 saturated carbocycles. The van der Waals surface area contributed by atoms with Gasteiger partial charge in [-0.15, -0.1) is 0 Å². The summed E-state index contributed by atoms with van der Waals surface area (Å²) in [5, 5.41) is 0. The molecule has 0 fully saturated rings. The number of benzene rings is 1. The summed E-state index contributed by atoms with van der Waals surface area (Å²) in [6, 6.07) is 4.86. The zero-order valence-electron chi connectivity index (χ0n) is 7.01. The van der Waals surface area contributed by atoms with Gasteiger partial charge in [-0.25, -0.2) is 0 Å². The highest BCUT2D eigenvalue weighted by Gasteiger charge is 2.23. The van der Waals surface area contributed by atoms with E-state index in [1.807, 2.05) is 0 Å². The largest absolute Gasteiger partial charge is 0.488 e. The van der Waals surface area contributed by atoms with Crippen molar-refractivity contribution in [1.82, 2.24) is 0 Å². The van der Waals surface area contributed by atoms with Crippen molar-refractivity contribution in [2.75, 3.05) is 11.4 Å². The van der Waals surface area contributed by atoms with Gasteiger partial charge in [0.25, 0.3) is 0 Å². The van der Waals surface area contributed by atoms with Crippen molar-refractivity contribution in [3.8, 4) is 0 Å². The van der Waals surface area contributed by atoms with E-state index in [9.17, 15) is 12.9 Å². The normalized spacial score (nSPS) is 11.7. The molecule has 7 heteroatoms. The van der Waals surface area contributed by atoms with Gasteiger partial charge < -0.3 is 18.7 Å². The van der Waals surface area contributed by atoms with Gasteiger partial charge in [0.05, 0.1) is 0 Å². The van der Waals surface area contributed by atoms with E-state index in [1.54, 1.807) is 18.2 Å². The first-order chi connectivity index (χ1) is 6.38. The lowest BCUT2D eigenvalue weighted by Crippen LogP contribution is -2.19. The molecular formula is C7H7BBrF3NS-. The van der Waals surface area contributed by atoms with Crippen LogP contribution in [0.1, 0.15) is 0 Å². The Kier molecular flexibility index (Phi) is 3.77. The third-order valence-corrected chi connectivity index (χ3v) is 3.11.